The molecular formula is C16H26O6. The second-order valence-corrected chi connectivity index (χ2v) is 6.76. The van der Waals surface area contributed by atoms with Crippen LogP contribution in [-0.4, -0.2) is 30.9 Å². The van der Waals surface area contributed by atoms with E-state index < -0.39 is 24.3 Å². The van der Waals surface area contributed by atoms with Gasteiger partial charge in [0.25, 0.3) is 5.79 Å². The first-order chi connectivity index (χ1) is 9.98. The van der Waals surface area contributed by atoms with Crippen molar-refractivity contribution in [1.82, 2.24) is 0 Å². The number of hydrogen-bond acceptors (Lipinski definition) is 6. The third kappa shape index (κ3) is 5.12. The SMILES string of the molecule is C=C(C)C(OC(C)OC(=O)OCC(C)(C)C)C1(C(=C)C)OO1. The van der Waals surface area contributed by atoms with Crippen LogP contribution in [-0.2, 0) is 24.0 Å². The third-order valence-electron chi connectivity index (χ3n) is 2.86. The summed E-state index contributed by atoms with van der Waals surface area (Å²) in [6.45, 7) is 18.9. The Hall–Kier alpha value is -1.37. The zero-order valence-corrected chi connectivity index (χ0v) is 14.2. The molecule has 1 rings (SSSR count). The number of ether oxygens (including phenoxy) is 3. The number of hydrogen-bond donors (Lipinski definition) is 0. The molecule has 1 fully saturated rings. The Balaban J connectivity index is 2.55. The number of carbonyl (C=O) groups is 1. The Labute approximate surface area is 131 Å². The molecule has 0 bridgehead atoms. The molecule has 1 aliphatic rings. The zero-order valence-electron chi connectivity index (χ0n) is 14.2. The first kappa shape index (κ1) is 18.7. The molecule has 1 aliphatic heterocycles. The van der Waals surface area contributed by atoms with Gasteiger partial charge in [0, 0.05) is 0 Å². The van der Waals surface area contributed by atoms with Crippen molar-refractivity contribution >= 4 is 6.16 Å². The number of carbonyl (C=O) groups excluding carboxylic acids is 1. The summed E-state index contributed by atoms with van der Waals surface area (Å²) >= 11 is 0. The van der Waals surface area contributed by atoms with Crippen LogP contribution in [0.1, 0.15) is 41.5 Å². The highest BCUT2D eigenvalue weighted by atomic mass is 17.4. The molecule has 0 aromatic rings. The van der Waals surface area contributed by atoms with Gasteiger partial charge in [0.2, 0.25) is 6.29 Å². The highest BCUT2D eigenvalue weighted by Crippen LogP contribution is 2.43. The standard InChI is InChI=1S/C16H26O6/c1-10(2)13(16(11(3)4)21-22-16)19-12(5)20-14(17)18-9-15(6,7)8/h12-13H,1,3,9H2,2,4-8H3. The van der Waals surface area contributed by atoms with Gasteiger partial charge >= 0.3 is 6.16 Å². The second-order valence-electron chi connectivity index (χ2n) is 6.76. The molecule has 126 valence electrons. The molecule has 6 nitrogen and oxygen atoms in total. The largest absolute Gasteiger partial charge is 0.510 e. The lowest BCUT2D eigenvalue weighted by atomic mass is 9.99. The maximum absolute atomic E-state index is 11.6. The minimum Gasteiger partial charge on any atom is -0.434 e. The van der Waals surface area contributed by atoms with Gasteiger partial charge in [-0.25, -0.2) is 4.79 Å². The lowest BCUT2D eigenvalue weighted by Crippen LogP contribution is -2.38. The summed E-state index contributed by atoms with van der Waals surface area (Å²) < 4.78 is 15.8. The molecule has 1 saturated heterocycles. The van der Waals surface area contributed by atoms with Crippen molar-refractivity contribution in [2.45, 2.75) is 59.7 Å². The van der Waals surface area contributed by atoms with E-state index in [1.807, 2.05) is 20.8 Å². The molecule has 6 heteroatoms. The average molecular weight is 314 g/mol. The Bertz CT molecular complexity index is 444. The summed E-state index contributed by atoms with van der Waals surface area (Å²) in [5, 5.41) is 0. The van der Waals surface area contributed by atoms with Crippen LogP contribution in [0.2, 0.25) is 0 Å². The fourth-order valence-electron chi connectivity index (χ4n) is 1.69. The van der Waals surface area contributed by atoms with Crippen LogP contribution < -0.4 is 0 Å². The predicted molar refractivity (Wildman–Crippen MR) is 80.8 cm³/mol. The third-order valence-corrected chi connectivity index (χ3v) is 2.86. The summed E-state index contributed by atoms with van der Waals surface area (Å²) in [4.78, 5) is 21.7. The summed E-state index contributed by atoms with van der Waals surface area (Å²) in [5.74, 6) is -1.06. The molecule has 22 heavy (non-hydrogen) atoms. The summed E-state index contributed by atoms with van der Waals surface area (Å²) in [6.07, 6.45) is -2.27. The van der Waals surface area contributed by atoms with Gasteiger partial charge in [-0.2, -0.15) is 9.78 Å². The summed E-state index contributed by atoms with van der Waals surface area (Å²) in [5.41, 5.74) is 1.17. The molecule has 2 unspecified atom stereocenters. The van der Waals surface area contributed by atoms with Crippen molar-refractivity contribution < 1.29 is 28.8 Å². The van der Waals surface area contributed by atoms with E-state index in [0.29, 0.717) is 11.1 Å². The quantitative estimate of drug-likeness (QED) is 0.234. The molecule has 2 atom stereocenters. The van der Waals surface area contributed by atoms with Gasteiger partial charge in [0.05, 0.1) is 6.61 Å². The van der Waals surface area contributed by atoms with Gasteiger partial charge in [-0.1, -0.05) is 33.9 Å². The lowest BCUT2D eigenvalue weighted by molar-refractivity contribution is -0.147. The van der Waals surface area contributed by atoms with Crippen molar-refractivity contribution in [1.29, 1.82) is 0 Å². The highest BCUT2D eigenvalue weighted by Gasteiger charge is 2.58. The smallest absolute Gasteiger partial charge is 0.434 e. The minimum atomic E-state index is -1.06. The monoisotopic (exact) mass is 314 g/mol. The molecule has 0 aromatic carbocycles. The van der Waals surface area contributed by atoms with Crippen LogP contribution in [0.5, 0.6) is 0 Å². The molecule has 0 N–H and O–H groups in total. The Morgan fingerprint density at radius 3 is 2.14 bits per heavy atom. The van der Waals surface area contributed by atoms with E-state index in [-0.39, 0.29) is 12.0 Å². The molecule has 0 saturated carbocycles. The van der Waals surface area contributed by atoms with E-state index >= 15 is 0 Å². The predicted octanol–water partition coefficient (Wildman–Crippen LogP) is 3.73. The molecule has 0 amide bonds. The topological polar surface area (TPSA) is 69.8 Å². The van der Waals surface area contributed by atoms with E-state index in [0.717, 1.165) is 0 Å². The van der Waals surface area contributed by atoms with Crippen LogP contribution in [0.15, 0.2) is 24.3 Å². The highest BCUT2D eigenvalue weighted by molar-refractivity contribution is 5.59. The maximum Gasteiger partial charge on any atom is 0.510 e. The Morgan fingerprint density at radius 2 is 1.77 bits per heavy atom. The Morgan fingerprint density at radius 1 is 1.23 bits per heavy atom. The molecule has 0 aromatic heterocycles. The zero-order chi connectivity index (χ0) is 17.1. The van der Waals surface area contributed by atoms with Crippen LogP contribution in [0, 0.1) is 5.41 Å². The molecular weight excluding hydrogens is 288 g/mol. The van der Waals surface area contributed by atoms with Crippen molar-refractivity contribution in [2.24, 2.45) is 5.41 Å². The van der Waals surface area contributed by atoms with Gasteiger partial charge < -0.3 is 14.2 Å². The van der Waals surface area contributed by atoms with E-state index in [1.54, 1.807) is 20.8 Å². The minimum absolute atomic E-state index is 0.136. The Kier molecular flexibility index (Phi) is 5.78. The fraction of sp³-hybridized carbons (Fsp3) is 0.688. The fourth-order valence-corrected chi connectivity index (χ4v) is 1.69. The van der Waals surface area contributed by atoms with Crippen molar-refractivity contribution in [3.63, 3.8) is 0 Å². The lowest BCUT2D eigenvalue weighted by Gasteiger charge is -2.25. The van der Waals surface area contributed by atoms with Crippen LogP contribution in [0.4, 0.5) is 4.79 Å². The maximum atomic E-state index is 11.6. The van der Waals surface area contributed by atoms with Gasteiger partial charge in [0.15, 0.2) is 0 Å². The van der Waals surface area contributed by atoms with E-state index in [9.17, 15) is 4.79 Å². The molecule has 0 spiro atoms. The van der Waals surface area contributed by atoms with Gasteiger partial charge in [-0.15, -0.1) is 0 Å². The van der Waals surface area contributed by atoms with E-state index in [2.05, 4.69) is 13.2 Å². The van der Waals surface area contributed by atoms with Gasteiger partial charge in [-0.05, 0) is 37.3 Å². The second kappa shape index (κ2) is 6.81. The van der Waals surface area contributed by atoms with Crippen molar-refractivity contribution in [3.05, 3.63) is 24.3 Å². The van der Waals surface area contributed by atoms with E-state index in [1.165, 1.54) is 0 Å². The first-order valence-corrected chi connectivity index (χ1v) is 7.15. The molecule has 1 heterocycles. The molecule has 0 aliphatic carbocycles. The van der Waals surface area contributed by atoms with Crippen LogP contribution in [0.25, 0.3) is 0 Å². The van der Waals surface area contributed by atoms with Gasteiger partial charge in [0.1, 0.15) is 6.10 Å². The van der Waals surface area contributed by atoms with Gasteiger partial charge in [-0.3, -0.25) is 0 Å². The first-order valence-electron chi connectivity index (χ1n) is 7.15. The average Bonchev–Trinajstić information content (AvgIpc) is 3.13. The summed E-state index contributed by atoms with van der Waals surface area (Å²) in [6, 6.07) is 0. The van der Waals surface area contributed by atoms with Crippen molar-refractivity contribution in [2.75, 3.05) is 6.61 Å². The summed E-state index contributed by atoms with van der Waals surface area (Å²) in [7, 11) is 0. The van der Waals surface area contributed by atoms with E-state index in [4.69, 9.17) is 24.0 Å². The van der Waals surface area contributed by atoms with Crippen molar-refractivity contribution in [3.8, 4) is 0 Å². The van der Waals surface area contributed by atoms with Crippen LogP contribution in [0.3, 0.4) is 0 Å². The van der Waals surface area contributed by atoms with Crippen LogP contribution >= 0.6 is 0 Å². The molecule has 0 radical (unpaired) electrons. The number of rotatable bonds is 7. The normalized spacial score (nSPS) is 19.0.